The van der Waals surface area contributed by atoms with E-state index < -0.39 is 0 Å². The van der Waals surface area contributed by atoms with E-state index in [1.807, 2.05) is 0 Å². The van der Waals surface area contributed by atoms with Crippen LogP contribution in [-0.4, -0.2) is 26.9 Å². The number of benzene rings is 2. The fourth-order valence-corrected chi connectivity index (χ4v) is 2.13. The zero-order valence-corrected chi connectivity index (χ0v) is 12.2. The van der Waals surface area contributed by atoms with Crippen LogP contribution in [0.25, 0.3) is 0 Å². The number of methoxy groups -OCH3 is 2. The van der Waals surface area contributed by atoms with Crippen molar-refractivity contribution in [2.24, 2.45) is 0 Å². The number of amides is 1. The third-order valence-electron chi connectivity index (χ3n) is 3.29. The number of ether oxygens (including phenoxy) is 4. The van der Waals surface area contributed by atoms with E-state index in [1.54, 1.807) is 43.5 Å². The van der Waals surface area contributed by atoms with Crippen molar-refractivity contribution < 1.29 is 23.7 Å². The zero-order chi connectivity index (χ0) is 15.5. The third-order valence-corrected chi connectivity index (χ3v) is 3.29. The number of fused-ring (bicyclic) bond motifs is 1. The van der Waals surface area contributed by atoms with Gasteiger partial charge in [0.2, 0.25) is 6.79 Å². The maximum atomic E-state index is 12.3. The number of nitrogens with one attached hydrogen (secondary N) is 1. The highest BCUT2D eigenvalue weighted by atomic mass is 16.7. The Balaban J connectivity index is 1.82. The van der Waals surface area contributed by atoms with Gasteiger partial charge in [-0.15, -0.1) is 0 Å². The first-order valence-corrected chi connectivity index (χ1v) is 6.64. The fraction of sp³-hybridized carbons (Fsp3) is 0.188. The second-order valence-corrected chi connectivity index (χ2v) is 4.59. The Kier molecular flexibility index (Phi) is 3.74. The van der Waals surface area contributed by atoms with E-state index in [-0.39, 0.29) is 12.7 Å². The summed E-state index contributed by atoms with van der Waals surface area (Å²) in [5.41, 5.74) is 1.04. The molecule has 114 valence electrons. The predicted molar refractivity (Wildman–Crippen MR) is 80.1 cm³/mol. The maximum Gasteiger partial charge on any atom is 0.255 e. The van der Waals surface area contributed by atoms with Crippen LogP contribution in [0.5, 0.6) is 23.0 Å². The van der Waals surface area contributed by atoms with Gasteiger partial charge in [0.25, 0.3) is 5.91 Å². The molecular weight excluding hydrogens is 286 g/mol. The predicted octanol–water partition coefficient (Wildman–Crippen LogP) is 2.68. The molecule has 6 heteroatoms. The number of hydrogen-bond acceptors (Lipinski definition) is 5. The van der Waals surface area contributed by atoms with Gasteiger partial charge in [0, 0.05) is 11.6 Å². The molecule has 1 N–H and O–H groups in total. The van der Waals surface area contributed by atoms with Gasteiger partial charge < -0.3 is 24.3 Å². The summed E-state index contributed by atoms with van der Waals surface area (Å²) in [6.45, 7) is 0.173. The molecule has 0 aliphatic carbocycles. The first-order chi connectivity index (χ1) is 10.7. The van der Waals surface area contributed by atoms with Crippen LogP contribution in [-0.2, 0) is 0 Å². The lowest BCUT2D eigenvalue weighted by Crippen LogP contribution is -2.12. The van der Waals surface area contributed by atoms with Crippen LogP contribution in [0.4, 0.5) is 5.69 Å². The lowest BCUT2D eigenvalue weighted by molar-refractivity contribution is 0.102. The highest BCUT2D eigenvalue weighted by Crippen LogP contribution is 2.33. The summed E-state index contributed by atoms with van der Waals surface area (Å²) in [6, 6.07) is 10.2. The minimum absolute atomic E-state index is 0.173. The highest BCUT2D eigenvalue weighted by Gasteiger charge is 2.17. The molecule has 0 atom stereocenters. The second kappa shape index (κ2) is 5.85. The highest BCUT2D eigenvalue weighted by molar-refractivity contribution is 6.05. The molecule has 1 aliphatic heterocycles. The van der Waals surface area contributed by atoms with Crippen LogP contribution in [0.3, 0.4) is 0 Å². The Morgan fingerprint density at radius 3 is 2.64 bits per heavy atom. The average molecular weight is 301 g/mol. The molecule has 6 nitrogen and oxygen atoms in total. The zero-order valence-electron chi connectivity index (χ0n) is 12.2. The van der Waals surface area contributed by atoms with Gasteiger partial charge in [-0.25, -0.2) is 0 Å². The van der Waals surface area contributed by atoms with Crippen molar-refractivity contribution in [1.29, 1.82) is 0 Å². The Hall–Kier alpha value is -2.89. The number of carbonyl (C=O) groups is 1. The Morgan fingerprint density at radius 1 is 1.05 bits per heavy atom. The number of anilines is 1. The maximum absolute atomic E-state index is 12.3. The van der Waals surface area contributed by atoms with Crippen molar-refractivity contribution >= 4 is 11.6 Å². The Bertz CT molecular complexity index is 714. The van der Waals surface area contributed by atoms with Gasteiger partial charge in [-0.2, -0.15) is 0 Å². The molecule has 22 heavy (non-hydrogen) atoms. The van der Waals surface area contributed by atoms with Gasteiger partial charge in [-0.3, -0.25) is 4.79 Å². The minimum Gasteiger partial charge on any atom is -0.497 e. The monoisotopic (exact) mass is 301 g/mol. The van der Waals surface area contributed by atoms with Crippen molar-refractivity contribution in [2.45, 2.75) is 0 Å². The molecule has 1 amide bonds. The minimum atomic E-state index is -0.262. The molecule has 0 aromatic heterocycles. The molecule has 0 spiro atoms. The topological polar surface area (TPSA) is 66.0 Å². The standard InChI is InChI=1S/C16H15NO5/c1-19-11-4-5-12(14(8-11)20-2)17-16(18)10-3-6-13-15(7-10)22-9-21-13/h3-8H,9H2,1-2H3,(H,17,18). The van der Waals surface area contributed by atoms with E-state index in [2.05, 4.69) is 5.32 Å². The SMILES string of the molecule is COc1ccc(NC(=O)c2ccc3c(c2)OCO3)c(OC)c1. The summed E-state index contributed by atoms with van der Waals surface area (Å²) >= 11 is 0. The van der Waals surface area contributed by atoms with E-state index in [4.69, 9.17) is 18.9 Å². The largest absolute Gasteiger partial charge is 0.497 e. The number of carbonyl (C=O) groups excluding carboxylic acids is 1. The summed E-state index contributed by atoms with van der Waals surface area (Å²) in [5, 5.41) is 2.80. The third kappa shape index (κ3) is 2.63. The molecule has 3 rings (SSSR count). The van der Waals surface area contributed by atoms with Gasteiger partial charge in [-0.05, 0) is 30.3 Å². The van der Waals surface area contributed by atoms with Crippen LogP contribution in [0, 0.1) is 0 Å². The number of hydrogen-bond donors (Lipinski definition) is 1. The molecule has 0 bridgehead atoms. The Morgan fingerprint density at radius 2 is 1.86 bits per heavy atom. The van der Waals surface area contributed by atoms with Crippen molar-refractivity contribution in [1.82, 2.24) is 0 Å². The summed E-state index contributed by atoms with van der Waals surface area (Å²) in [4.78, 5) is 12.3. The van der Waals surface area contributed by atoms with E-state index in [0.29, 0.717) is 34.2 Å². The van der Waals surface area contributed by atoms with Crippen LogP contribution >= 0.6 is 0 Å². The second-order valence-electron chi connectivity index (χ2n) is 4.59. The van der Waals surface area contributed by atoms with E-state index in [0.717, 1.165) is 0 Å². The first kappa shape index (κ1) is 14.1. The van der Waals surface area contributed by atoms with Gasteiger partial charge in [-0.1, -0.05) is 0 Å². The van der Waals surface area contributed by atoms with Crippen molar-refractivity contribution in [3.8, 4) is 23.0 Å². The van der Waals surface area contributed by atoms with E-state index in [9.17, 15) is 4.79 Å². The smallest absolute Gasteiger partial charge is 0.255 e. The lowest BCUT2D eigenvalue weighted by atomic mass is 10.2. The Labute approximate surface area is 127 Å². The molecule has 0 unspecified atom stereocenters. The van der Waals surface area contributed by atoms with Gasteiger partial charge >= 0.3 is 0 Å². The first-order valence-electron chi connectivity index (χ1n) is 6.64. The van der Waals surface area contributed by atoms with Crippen LogP contribution in [0.2, 0.25) is 0 Å². The summed E-state index contributed by atoms with van der Waals surface area (Å²) in [5.74, 6) is 2.11. The average Bonchev–Trinajstić information content (AvgIpc) is 3.02. The lowest BCUT2D eigenvalue weighted by Gasteiger charge is -2.11. The molecule has 2 aromatic rings. The van der Waals surface area contributed by atoms with Gasteiger partial charge in [0.05, 0.1) is 19.9 Å². The molecule has 2 aromatic carbocycles. The van der Waals surface area contributed by atoms with Crippen molar-refractivity contribution in [3.05, 3.63) is 42.0 Å². The summed E-state index contributed by atoms with van der Waals surface area (Å²) < 4.78 is 20.9. The molecule has 0 fully saturated rings. The molecule has 1 aliphatic rings. The summed E-state index contributed by atoms with van der Waals surface area (Å²) in [6.07, 6.45) is 0. The van der Waals surface area contributed by atoms with E-state index in [1.165, 1.54) is 7.11 Å². The molecule has 0 radical (unpaired) electrons. The van der Waals surface area contributed by atoms with Crippen molar-refractivity contribution in [3.63, 3.8) is 0 Å². The fourth-order valence-electron chi connectivity index (χ4n) is 2.13. The number of rotatable bonds is 4. The van der Waals surface area contributed by atoms with Crippen molar-refractivity contribution in [2.75, 3.05) is 26.3 Å². The van der Waals surface area contributed by atoms with Gasteiger partial charge in [0.1, 0.15) is 11.5 Å². The summed E-state index contributed by atoms with van der Waals surface area (Å²) in [7, 11) is 3.10. The van der Waals surface area contributed by atoms with Crippen LogP contribution in [0.15, 0.2) is 36.4 Å². The van der Waals surface area contributed by atoms with Gasteiger partial charge in [0.15, 0.2) is 11.5 Å². The molecule has 0 saturated heterocycles. The van der Waals surface area contributed by atoms with Crippen LogP contribution < -0.4 is 24.3 Å². The van der Waals surface area contributed by atoms with E-state index >= 15 is 0 Å². The van der Waals surface area contributed by atoms with Crippen LogP contribution in [0.1, 0.15) is 10.4 Å². The molecule has 1 heterocycles. The molecule has 0 saturated carbocycles. The quantitative estimate of drug-likeness (QED) is 0.940. The normalized spacial score (nSPS) is 11.9. The molecular formula is C16H15NO5.